The summed E-state index contributed by atoms with van der Waals surface area (Å²) in [5.41, 5.74) is 5.79. The number of rotatable bonds is 3. The van der Waals surface area contributed by atoms with Crippen LogP contribution in [-0.4, -0.2) is 18.0 Å². The molecule has 2 atom stereocenters. The number of fused-ring (bicyclic) bond motifs is 1. The highest BCUT2D eigenvalue weighted by atomic mass is 16.2. The summed E-state index contributed by atoms with van der Waals surface area (Å²) in [6.07, 6.45) is 8.24. The van der Waals surface area contributed by atoms with Crippen molar-refractivity contribution in [1.29, 1.82) is 0 Å². The Kier molecular flexibility index (Phi) is 2.46. The first-order chi connectivity index (χ1) is 7.72. The molecule has 90 valence electrons. The SMILES string of the molecule is NCC1(NC(=O)C2CC3CC3C2)CCCC1. The number of nitrogens with two attached hydrogens (primary N) is 1. The van der Waals surface area contributed by atoms with Crippen molar-refractivity contribution in [2.75, 3.05) is 6.54 Å². The summed E-state index contributed by atoms with van der Waals surface area (Å²) < 4.78 is 0. The largest absolute Gasteiger partial charge is 0.349 e. The highest BCUT2D eigenvalue weighted by molar-refractivity contribution is 5.80. The molecule has 3 N–H and O–H groups in total. The summed E-state index contributed by atoms with van der Waals surface area (Å²) in [6, 6.07) is 0. The summed E-state index contributed by atoms with van der Waals surface area (Å²) in [6.45, 7) is 0.609. The Morgan fingerprint density at radius 3 is 2.38 bits per heavy atom. The van der Waals surface area contributed by atoms with Gasteiger partial charge in [0.2, 0.25) is 5.91 Å². The van der Waals surface area contributed by atoms with E-state index in [0.717, 1.165) is 37.5 Å². The second-order valence-corrected chi connectivity index (χ2v) is 6.11. The van der Waals surface area contributed by atoms with Crippen molar-refractivity contribution in [3.8, 4) is 0 Å². The molecule has 3 aliphatic rings. The molecule has 0 bridgehead atoms. The molecule has 0 spiro atoms. The molecule has 3 rings (SSSR count). The number of carbonyl (C=O) groups excluding carboxylic acids is 1. The first-order valence-corrected chi connectivity index (χ1v) is 6.74. The summed E-state index contributed by atoms with van der Waals surface area (Å²) >= 11 is 0. The van der Waals surface area contributed by atoms with E-state index in [2.05, 4.69) is 5.32 Å². The highest BCUT2D eigenvalue weighted by Crippen LogP contribution is 2.54. The first kappa shape index (κ1) is 10.6. The fourth-order valence-electron chi connectivity index (χ4n) is 3.72. The van der Waals surface area contributed by atoms with Gasteiger partial charge in [-0.2, -0.15) is 0 Å². The van der Waals surface area contributed by atoms with E-state index in [1.54, 1.807) is 0 Å². The molecular weight excluding hydrogens is 200 g/mol. The summed E-state index contributed by atoms with van der Waals surface area (Å²) in [5.74, 6) is 2.36. The van der Waals surface area contributed by atoms with Crippen LogP contribution in [0.25, 0.3) is 0 Å². The number of amides is 1. The molecule has 3 saturated carbocycles. The molecule has 0 aromatic heterocycles. The zero-order chi connectivity index (χ0) is 11.2. The molecule has 3 nitrogen and oxygen atoms in total. The minimum atomic E-state index is -0.0517. The lowest BCUT2D eigenvalue weighted by Crippen LogP contribution is -2.53. The van der Waals surface area contributed by atoms with E-state index in [0.29, 0.717) is 18.4 Å². The Labute approximate surface area is 97.2 Å². The van der Waals surface area contributed by atoms with Crippen molar-refractivity contribution in [3.63, 3.8) is 0 Å². The van der Waals surface area contributed by atoms with Crippen LogP contribution < -0.4 is 11.1 Å². The molecule has 0 saturated heterocycles. The summed E-state index contributed by atoms with van der Waals surface area (Å²) in [5, 5.41) is 3.26. The van der Waals surface area contributed by atoms with Crippen molar-refractivity contribution < 1.29 is 4.79 Å². The summed E-state index contributed by atoms with van der Waals surface area (Å²) in [7, 11) is 0. The lowest BCUT2D eigenvalue weighted by molar-refractivity contribution is -0.127. The van der Waals surface area contributed by atoms with Crippen molar-refractivity contribution in [3.05, 3.63) is 0 Å². The van der Waals surface area contributed by atoms with E-state index in [9.17, 15) is 4.79 Å². The van der Waals surface area contributed by atoms with Gasteiger partial charge in [-0.25, -0.2) is 0 Å². The van der Waals surface area contributed by atoms with Crippen LogP contribution in [0.4, 0.5) is 0 Å². The van der Waals surface area contributed by atoms with Gasteiger partial charge in [0.1, 0.15) is 0 Å². The van der Waals surface area contributed by atoms with Crippen LogP contribution in [0.5, 0.6) is 0 Å². The van der Waals surface area contributed by atoms with Gasteiger partial charge < -0.3 is 11.1 Å². The summed E-state index contributed by atoms with van der Waals surface area (Å²) in [4.78, 5) is 12.2. The third kappa shape index (κ3) is 1.75. The topological polar surface area (TPSA) is 55.1 Å². The van der Waals surface area contributed by atoms with Crippen LogP contribution in [0, 0.1) is 17.8 Å². The Morgan fingerprint density at radius 2 is 1.81 bits per heavy atom. The predicted molar refractivity (Wildman–Crippen MR) is 62.7 cm³/mol. The Bertz CT molecular complexity index is 286. The molecule has 0 aromatic rings. The zero-order valence-electron chi connectivity index (χ0n) is 9.87. The van der Waals surface area contributed by atoms with Crippen LogP contribution in [0.2, 0.25) is 0 Å². The van der Waals surface area contributed by atoms with E-state index >= 15 is 0 Å². The maximum atomic E-state index is 12.2. The van der Waals surface area contributed by atoms with Crippen LogP contribution in [0.3, 0.4) is 0 Å². The van der Waals surface area contributed by atoms with Gasteiger partial charge in [0, 0.05) is 12.5 Å². The second-order valence-electron chi connectivity index (χ2n) is 6.11. The first-order valence-electron chi connectivity index (χ1n) is 6.74. The number of nitrogens with one attached hydrogen (secondary N) is 1. The minimum absolute atomic E-state index is 0.0517. The number of carbonyl (C=O) groups is 1. The van der Waals surface area contributed by atoms with Gasteiger partial charge in [-0.05, 0) is 43.9 Å². The van der Waals surface area contributed by atoms with Gasteiger partial charge in [0.05, 0.1) is 5.54 Å². The molecular formula is C13H22N2O. The van der Waals surface area contributed by atoms with Gasteiger partial charge in [-0.1, -0.05) is 12.8 Å². The second kappa shape index (κ2) is 3.73. The number of hydrogen-bond donors (Lipinski definition) is 2. The Balaban J connectivity index is 1.58. The van der Waals surface area contributed by atoms with Gasteiger partial charge in [-0.15, -0.1) is 0 Å². The molecule has 2 unspecified atom stereocenters. The molecule has 0 radical (unpaired) electrons. The van der Waals surface area contributed by atoms with Crippen LogP contribution >= 0.6 is 0 Å². The standard InChI is InChI=1S/C13H22N2O/c14-8-13(3-1-2-4-13)15-12(16)11-6-9-5-10(9)7-11/h9-11H,1-8,14H2,(H,15,16). The van der Waals surface area contributed by atoms with Gasteiger partial charge in [-0.3, -0.25) is 4.79 Å². The number of hydrogen-bond acceptors (Lipinski definition) is 2. The monoisotopic (exact) mass is 222 g/mol. The average Bonchev–Trinajstić information content (AvgIpc) is 2.74. The van der Waals surface area contributed by atoms with E-state index < -0.39 is 0 Å². The fraction of sp³-hybridized carbons (Fsp3) is 0.923. The smallest absolute Gasteiger partial charge is 0.223 e. The van der Waals surface area contributed by atoms with Crippen molar-refractivity contribution in [2.24, 2.45) is 23.5 Å². The lowest BCUT2D eigenvalue weighted by Gasteiger charge is -2.30. The minimum Gasteiger partial charge on any atom is -0.349 e. The normalized spacial score (nSPS) is 39.4. The third-order valence-electron chi connectivity index (χ3n) is 4.95. The average molecular weight is 222 g/mol. The van der Waals surface area contributed by atoms with E-state index in [1.165, 1.54) is 19.3 Å². The Morgan fingerprint density at radius 1 is 1.19 bits per heavy atom. The molecule has 16 heavy (non-hydrogen) atoms. The van der Waals surface area contributed by atoms with Crippen LogP contribution in [0.1, 0.15) is 44.9 Å². The van der Waals surface area contributed by atoms with E-state index in [-0.39, 0.29) is 5.54 Å². The van der Waals surface area contributed by atoms with Gasteiger partial charge in [0.15, 0.2) is 0 Å². The highest BCUT2D eigenvalue weighted by Gasteiger charge is 2.49. The zero-order valence-corrected chi connectivity index (χ0v) is 9.87. The molecule has 1 amide bonds. The quantitative estimate of drug-likeness (QED) is 0.759. The molecule has 0 heterocycles. The lowest BCUT2D eigenvalue weighted by atomic mass is 9.95. The molecule has 3 fully saturated rings. The van der Waals surface area contributed by atoms with Gasteiger partial charge in [0.25, 0.3) is 0 Å². The third-order valence-corrected chi connectivity index (χ3v) is 4.95. The van der Waals surface area contributed by atoms with E-state index in [4.69, 9.17) is 5.73 Å². The van der Waals surface area contributed by atoms with Gasteiger partial charge >= 0.3 is 0 Å². The molecule has 0 aliphatic heterocycles. The molecule has 3 aliphatic carbocycles. The van der Waals surface area contributed by atoms with Crippen LogP contribution in [-0.2, 0) is 4.79 Å². The predicted octanol–water partition coefficient (Wildman–Crippen LogP) is 1.42. The molecule has 3 heteroatoms. The Hall–Kier alpha value is -0.570. The maximum Gasteiger partial charge on any atom is 0.223 e. The van der Waals surface area contributed by atoms with Crippen molar-refractivity contribution in [1.82, 2.24) is 5.32 Å². The van der Waals surface area contributed by atoms with Crippen LogP contribution in [0.15, 0.2) is 0 Å². The maximum absolute atomic E-state index is 12.2. The molecule has 0 aromatic carbocycles. The van der Waals surface area contributed by atoms with Crippen molar-refractivity contribution in [2.45, 2.75) is 50.5 Å². The fourth-order valence-corrected chi connectivity index (χ4v) is 3.72. The van der Waals surface area contributed by atoms with E-state index in [1.807, 2.05) is 0 Å². The van der Waals surface area contributed by atoms with Crippen molar-refractivity contribution >= 4 is 5.91 Å².